The molecule has 1 amide bonds. The minimum atomic E-state index is -3.69. The minimum Gasteiger partial charge on any atom is -0.358 e. The summed E-state index contributed by atoms with van der Waals surface area (Å²) in [6.07, 6.45) is 0. The number of halogens is 1. The quantitative estimate of drug-likeness (QED) is 0.803. The van der Waals surface area contributed by atoms with E-state index in [1.54, 1.807) is 12.1 Å². The third-order valence-electron chi connectivity index (χ3n) is 3.15. The van der Waals surface area contributed by atoms with Crippen LogP contribution in [0.25, 0.3) is 0 Å². The van der Waals surface area contributed by atoms with Crippen molar-refractivity contribution < 1.29 is 13.2 Å². The molecule has 1 heterocycles. The van der Waals surface area contributed by atoms with Gasteiger partial charge >= 0.3 is 0 Å². The molecule has 1 aromatic carbocycles. The maximum atomic E-state index is 12.7. The molecule has 1 aromatic rings. The van der Waals surface area contributed by atoms with Gasteiger partial charge in [0, 0.05) is 31.2 Å². The normalized spacial score (nSPS) is 20.6. The van der Waals surface area contributed by atoms with Crippen LogP contribution >= 0.6 is 15.9 Å². The molecule has 0 aromatic heterocycles. The van der Waals surface area contributed by atoms with Crippen LogP contribution in [0.3, 0.4) is 0 Å². The van der Waals surface area contributed by atoms with Crippen molar-refractivity contribution in [1.29, 1.82) is 0 Å². The Morgan fingerprint density at radius 3 is 2.90 bits per heavy atom. The van der Waals surface area contributed by atoms with Gasteiger partial charge in [-0.3, -0.25) is 4.79 Å². The van der Waals surface area contributed by atoms with Crippen LogP contribution in [0.4, 0.5) is 0 Å². The Labute approximate surface area is 126 Å². The summed E-state index contributed by atoms with van der Waals surface area (Å²) >= 11 is 3.26. The number of amides is 1. The predicted molar refractivity (Wildman–Crippen MR) is 78.8 cm³/mol. The van der Waals surface area contributed by atoms with E-state index in [-0.39, 0.29) is 17.3 Å². The molecule has 0 bridgehead atoms. The highest BCUT2D eigenvalue weighted by Crippen LogP contribution is 2.22. The molecule has 0 radical (unpaired) electrons. The number of rotatable bonds is 3. The molecule has 1 fully saturated rings. The van der Waals surface area contributed by atoms with Crippen molar-refractivity contribution in [2.75, 3.05) is 26.7 Å². The van der Waals surface area contributed by atoms with Crippen LogP contribution < -0.4 is 10.6 Å². The Morgan fingerprint density at radius 1 is 1.50 bits per heavy atom. The van der Waals surface area contributed by atoms with Gasteiger partial charge in [-0.15, -0.1) is 0 Å². The summed E-state index contributed by atoms with van der Waals surface area (Å²) in [5, 5.41) is 5.54. The van der Waals surface area contributed by atoms with E-state index < -0.39 is 16.1 Å². The number of hydrogen-bond donors (Lipinski definition) is 2. The van der Waals surface area contributed by atoms with Crippen molar-refractivity contribution in [2.24, 2.45) is 0 Å². The summed E-state index contributed by atoms with van der Waals surface area (Å²) in [5.41, 5.74) is 0. The summed E-state index contributed by atoms with van der Waals surface area (Å²) in [4.78, 5) is 12.0. The van der Waals surface area contributed by atoms with Crippen LogP contribution in [0.5, 0.6) is 0 Å². The van der Waals surface area contributed by atoms with Crippen molar-refractivity contribution in [3.05, 3.63) is 28.7 Å². The van der Waals surface area contributed by atoms with Gasteiger partial charge in [0.05, 0.1) is 4.90 Å². The Kier molecular flexibility index (Phi) is 4.79. The maximum Gasteiger partial charge on any atom is 0.243 e. The number of carbonyl (C=O) groups excluding carboxylic acids is 1. The highest BCUT2D eigenvalue weighted by Gasteiger charge is 2.37. The predicted octanol–water partition coefficient (Wildman–Crippen LogP) is 0.158. The van der Waals surface area contributed by atoms with Crippen LogP contribution in [-0.2, 0) is 14.8 Å². The molecule has 6 nitrogen and oxygen atoms in total. The number of nitrogens with zero attached hydrogens (tertiary/aromatic N) is 1. The second-order valence-electron chi connectivity index (χ2n) is 4.41. The van der Waals surface area contributed by atoms with Gasteiger partial charge < -0.3 is 10.6 Å². The summed E-state index contributed by atoms with van der Waals surface area (Å²) in [6.45, 7) is 1.11. The molecule has 0 aliphatic carbocycles. The van der Waals surface area contributed by atoms with Gasteiger partial charge in [0.1, 0.15) is 6.04 Å². The Bertz CT molecular complexity index is 606. The molecule has 1 atom stereocenters. The molecule has 1 unspecified atom stereocenters. The number of carbonyl (C=O) groups is 1. The molecule has 2 rings (SSSR count). The van der Waals surface area contributed by atoms with E-state index in [0.717, 1.165) is 0 Å². The number of nitrogens with one attached hydrogen (secondary N) is 2. The average Bonchev–Trinajstić information content (AvgIpc) is 2.46. The van der Waals surface area contributed by atoms with Gasteiger partial charge in [-0.2, -0.15) is 4.31 Å². The molecule has 0 spiro atoms. The lowest BCUT2D eigenvalue weighted by Gasteiger charge is -2.33. The van der Waals surface area contributed by atoms with Crippen molar-refractivity contribution >= 4 is 31.9 Å². The summed E-state index contributed by atoms with van der Waals surface area (Å²) < 4.78 is 27.3. The van der Waals surface area contributed by atoms with E-state index >= 15 is 0 Å². The average molecular weight is 362 g/mol. The third kappa shape index (κ3) is 3.03. The Balaban J connectivity index is 2.38. The number of piperazine rings is 1. The van der Waals surface area contributed by atoms with Crippen molar-refractivity contribution in [2.45, 2.75) is 10.9 Å². The molecule has 20 heavy (non-hydrogen) atoms. The molecule has 8 heteroatoms. The van der Waals surface area contributed by atoms with Crippen LogP contribution in [-0.4, -0.2) is 51.4 Å². The Hall–Kier alpha value is -0.960. The van der Waals surface area contributed by atoms with E-state index in [1.807, 2.05) is 0 Å². The fourth-order valence-electron chi connectivity index (χ4n) is 2.13. The zero-order valence-corrected chi connectivity index (χ0v) is 13.4. The van der Waals surface area contributed by atoms with E-state index in [1.165, 1.54) is 23.5 Å². The fourth-order valence-corrected chi connectivity index (χ4v) is 4.31. The molecule has 2 N–H and O–H groups in total. The van der Waals surface area contributed by atoms with Gasteiger partial charge in [0.15, 0.2) is 0 Å². The van der Waals surface area contributed by atoms with Crippen LogP contribution in [0.15, 0.2) is 33.6 Å². The van der Waals surface area contributed by atoms with Crippen molar-refractivity contribution in [1.82, 2.24) is 14.9 Å². The van der Waals surface area contributed by atoms with Crippen LogP contribution in [0, 0.1) is 0 Å². The fraction of sp³-hybridized carbons (Fsp3) is 0.417. The topological polar surface area (TPSA) is 78.5 Å². The van der Waals surface area contributed by atoms with E-state index in [4.69, 9.17) is 0 Å². The molecular formula is C12H16BrN3O3S. The molecule has 110 valence electrons. The maximum absolute atomic E-state index is 12.7. The van der Waals surface area contributed by atoms with E-state index in [0.29, 0.717) is 17.6 Å². The highest BCUT2D eigenvalue weighted by molar-refractivity contribution is 9.10. The first kappa shape index (κ1) is 15.4. The second-order valence-corrected chi connectivity index (χ2v) is 7.21. The zero-order valence-electron chi connectivity index (χ0n) is 11.0. The largest absolute Gasteiger partial charge is 0.358 e. The minimum absolute atomic E-state index is 0.183. The summed E-state index contributed by atoms with van der Waals surface area (Å²) in [5.74, 6) is -0.309. The van der Waals surface area contributed by atoms with E-state index in [9.17, 15) is 13.2 Å². The lowest BCUT2D eigenvalue weighted by molar-refractivity contribution is -0.124. The lowest BCUT2D eigenvalue weighted by Crippen LogP contribution is -2.59. The van der Waals surface area contributed by atoms with Gasteiger partial charge in [0.2, 0.25) is 15.9 Å². The number of hydrogen-bond acceptors (Lipinski definition) is 4. The lowest BCUT2D eigenvalue weighted by atomic mass is 10.2. The van der Waals surface area contributed by atoms with Gasteiger partial charge in [-0.25, -0.2) is 8.42 Å². The third-order valence-corrected chi connectivity index (χ3v) is 5.54. The standard InChI is InChI=1S/C12H16BrN3O3S/c1-14-12(17)11-8-15-5-6-16(11)20(18,19)10-4-2-3-9(13)7-10/h2-4,7,11,15H,5-6,8H2,1H3,(H,14,17). The molecule has 1 aliphatic heterocycles. The monoisotopic (exact) mass is 361 g/mol. The molecular weight excluding hydrogens is 346 g/mol. The van der Waals surface area contributed by atoms with Crippen LogP contribution in [0.1, 0.15) is 0 Å². The number of likely N-dealkylation sites (N-methyl/N-ethyl adjacent to an activating group) is 1. The van der Waals surface area contributed by atoms with Gasteiger partial charge in [-0.05, 0) is 18.2 Å². The smallest absolute Gasteiger partial charge is 0.243 e. The summed E-state index contributed by atoms with van der Waals surface area (Å²) in [7, 11) is -2.19. The molecule has 1 saturated heterocycles. The van der Waals surface area contributed by atoms with Crippen LogP contribution in [0.2, 0.25) is 0 Å². The Morgan fingerprint density at radius 2 is 2.25 bits per heavy atom. The molecule has 0 saturated carbocycles. The van der Waals surface area contributed by atoms with Crippen molar-refractivity contribution in [3.63, 3.8) is 0 Å². The second kappa shape index (κ2) is 6.21. The first-order valence-corrected chi connectivity index (χ1v) is 8.40. The van der Waals surface area contributed by atoms with Gasteiger partial charge in [-0.1, -0.05) is 22.0 Å². The van der Waals surface area contributed by atoms with E-state index in [2.05, 4.69) is 26.6 Å². The number of sulfonamides is 1. The zero-order chi connectivity index (χ0) is 14.8. The van der Waals surface area contributed by atoms with Gasteiger partial charge in [0.25, 0.3) is 0 Å². The summed E-state index contributed by atoms with van der Waals surface area (Å²) in [6, 6.07) is 5.76. The highest BCUT2D eigenvalue weighted by atomic mass is 79.9. The number of benzene rings is 1. The van der Waals surface area contributed by atoms with Crippen molar-refractivity contribution in [3.8, 4) is 0 Å². The first-order chi connectivity index (χ1) is 9.46. The first-order valence-electron chi connectivity index (χ1n) is 6.16. The molecule has 1 aliphatic rings. The SMILES string of the molecule is CNC(=O)C1CNCCN1S(=O)(=O)c1cccc(Br)c1.